The van der Waals surface area contributed by atoms with Crippen LogP contribution in [-0.4, -0.2) is 18.8 Å². The van der Waals surface area contributed by atoms with Crippen LogP contribution < -0.4 is 5.73 Å². The van der Waals surface area contributed by atoms with Crippen molar-refractivity contribution in [1.82, 2.24) is 0 Å². The molecule has 0 bridgehead atoms. The molecule has 0 saturated carbocycles. The number of ether oxygens (including phenoxy) is 1. The maximum Gasteiger partial charge on any atom is 0.119 e. The first-order chi connectivity index (χ1) is 4.83. The summed E-state index contributed by atoms with van der Waals surface area (Å²) in [6.07, 6.45) is 2.07. The van der Waals surface area contributed by atoms with Crippen LogP contribution in [0.3, 0.4) is 0 Å². The Morgan fingerprint density at radius 3 is 2.64 bits per heavy atom. The molecule has 0 aliphatic carbocycles. The van der Waals surface area contributed by atoms with Crippen LogP contribution in [0.4, 0.5) is 0 Å². The quantitative estimate of drug-likeness (QED) is 0.647. The number of halogens is 2. The maximum atomic E-state index is 5.61. The van der Waals surface area contributed by atoms with E-state index in [2.05, 4.69) is 26.7 Å². The van der Waals surface area contributed by atoms with E-state index in [9.17, 15) is 0 Å². The molecule has 0 spiro atoms. The first-order valence-corrected chi connectivity index (χ1v) is 4.10. The van der Waals surface area contributed by atoms with Gasteiger partial charge in [-0.25, -0.2) is 0 Å². The SMILES string of the molecule is Cl.N[C@@H]1CC[C@@H](C#CBr)OC1. The predicted octanol–water partition coefficient (Wildman–Crippen LogP) is 1.27. The molecule has 1 heterocycles. The van der Waals surface area contributed by atoms with Gasteiger partial charge in [-0.15, -0.1) is 12.4 Å². The Labute approximate surface area is 81.4 Å². The average Bonchev–Trinajstić information content (AvgIpc) is 1.95. The third kappa shape index (κ3) is 3.97. The van der Waals surface area contributed by atoms with Crippen molar-refractivity contribution in [1.29, 1.82) is 0 Å². The van der Waals surface area contributed by atoms with E-state index in [4.69, 9.17) is 10.5 Å². The summed E-state index contributed by atoms with van der Waals surface area (Å²) in [5.74, 6) is 2.89. The molecule has 2 nitrogen and oxygen atoms in total. The highest BCUT2D eigenvalue weighted by molar-refractivity contribution is 9.12. The van der Waals surface area contributed by atoms with E-state index in [1.165, 1.54) is 0 Å². The summed E-state index contributed by atoms with van der Waals surface area (Å²) < 4.78 is 5.30. The van der Waals surface area contributed by atoms with Crippen LogP contribution in [0.15, 0.2) is 0 Å². The van der Waals surface area contributed by atoms with Gasteiger partial charge in [0.1, 0.15) is 6.10 Å². The molecule has 0 radical (unpaired) electrons. The van der Waals surface area contributed by atoms with Crippen molar-refractivity contribution in [3.05, 3.63) is 0 Å². The third-order valence-electron chi connectivity index (χ3n) is 1.53. The largest absolute Gasteiger partial charge is 0.364 e. The van der Waals surface area contributed by atoms with Crippen LogP contribution in [-0.2, 0) is 4.74 Å². The lowest BCUT2D eigenvalue weighted by Crippen LogP contribution is -2.34. The van der Waals surface area contributed by atoms with Crippen LogP contribution in [0.25, 0.3) is 0 Å². The molecule has 2 atom stereocenters. The fraction of sp³-hybridized carbons (Fsp3) is 0.714. The Balaban J connectivity index is 0.000001000. The van der Waals surface area contributed by atoms with Crippen LogP contribution >= 0.6 is 28.3 Å². The summed E-state index contributed by atoms with van der Waals surface area (Å²) in [6, 6.07) is 0.216. The van der Waals surface area contributed by atoms with Crippen molar-refractivity contribution >= 4 is 28.3 Å². The molecule has 4 heteroatoms. The van der Waals surface area contributed by atoms with Crippen molar-refractivity contribution in [3.63, 3.8) is 0 Å². The Bertz CT molecular complexity index is 158. The van der Waals surface area contributed by atoms with Gasteiger partial charge in [0.25, 0.3) is 0 Å². The summed E-state index contributed by atoms with van der Waals surface area (Å²) in [6.45, 7) is 0.645. The highest BCUT2D eigenvalue weighted by Crippen LogP contribution is 2.10. The zero-order chi connectivity index (χ0) is 7.40. The Hall–Kier alpha value is 0.250. The van der Waals surface area contributed by atoms with Gasteiger partial charge >= 0.3 is 0 Å². The molecule has 0 aromatic rings. The summed E-state index contributed by atoms with van der Waals surface area (Å²) in [5, 5.41) is 0. The summed E-state index contributed by atoms with van der Waals surface area (Å²) in [7, 11) is 0. The van der Waals surface area contributed by atoms with Crippen molar-refractivity contribution in [2.24, 2.45) is 5.73 Å². The predicted molar refractivity (Wildman–Crippen MR) is 50.9 cm³/mol. The topological polar surface area (TPSA) is 35.2 Å². The first kappa shape index (κ1) is 11.2. The second kappa shape index (κ2) is 5.84. The molecule has 2 N–H and O–H groups in total. The second-order valence-corrected chi connectivity index (χ2v) is 2.79. The standard InChI is InChI=1S/C7H10BrNO.ClH/c8-4-3-7-2-1-6(9)5-10-7;/h6-7H,1-2,5,9H2;1H/t6-,7+;/m1./s1. The van der Waals surface area contributed by atoms with Crippen LogP contribution in [0, 0.1) is 10.8 Å². The molecule has 1 rings (SSSR count). The summed E-state index contributed by atoms with van der Waals surface area (Å²) in [4.78, 5) is 2.65. The van der Waals surface area contributed by atoms with Crippen molar-refractivity contribution < 1.29 is 4.74 Å². The molecule has 0 unspecified atom stereocenters. The van der Waals surface area contributed by atoms with Gasteiger partial charge < -0.3 is 10.5 Å². The number of hydrogen-bond acceptors (Lipinski definition) is 2. The minimum absolute atomic E-state index is 0. The normalized spacial score (nSPS) is 29.6. The molecule has 64 valence electrons. The van der Waals surface area contributed by atoms with Gasteiger partial charge in [-0.3, -0.25) is 0 Å². The monoisotopic (exact) mass is 239 g/mol. The molecule has 0 amide bonds. The van der Waals surface area contributed by atoms with E-state index in [0.29, 0.717) is 6.61 Å². The van der Waals surface area contributed by atoms with Gasteiger partial charge in [-0.05, 0) is 17.7 Å². The minimum atomic E-state index is 0. The molecule has 1 fully saturated rings. The Kier molecular flexibility index (Phi) is 5.98. The van der Waals surface area contributed by atoms with E-state index in [-0.39, 0.29) is 24.6 Å². The molecule has 0 aromatic carbocycles. The van der Waals surface area contributed by atoms with Gasteiger partial charge in [-0.2, -0.15) is 0 Å². The number of rotatable bonds is 0. The van der Waals surface area contributed by atoms with Gasteiger partial charge in [0, 0.05) is 22.0 Å². The fourth-order valence-corrected chi connectivity index (χ4v) is 1.20. The van der Waals surface area contributed by atoms with Crippen molar-refractivity contribution in [3.8, 4) is 10.8 Å². The van der Waals surface area contributed by atoms with Crippen LogP contribution in [0.2, 0.25) is 0 Å². The fourth-order valence-electron chi connectivity index (χ4n) is 0.947. The highest BCUT2D eigenvalue weighted by Gasteiger charge is 2.16. The van der Waals surface area contributed by atoms with Gasteiger partial charge in [0.2, 0.25) is 0 Å². The zero-order valence-electron chi connectivity index (χ0n) is 6.05. The minimum Gasteiger partial charge on any atom is -0.364 e. The van der Waals surface area contributed by atoms with Crippen molar-refractivity contribution in [2.45, 2.75) is 25.0 Å². The van der Waals surface area contributed by atoms with Gasteiger partial charge in [-0.1, -0.05) is 5.92 Å². The Morgan fingerprint density at radius 2 is 2.18 bits per heavy atom. The number of nitrogens with two attached hydrogens (primary N) is 1. The molecule has 1 saturated heterocycles. The summed E-state index contributed by atoms with van der Waals surface area (Å²) in [5.41, 5.74) is 5.61. The lowest BCUT2D eigenvalue weighted by atomic mass is 10.1. The molecular weight excluding hydrogens is 229 g/mol. The highest BCUT2D eigenvalue weighted by atomic mass is 79.9. The second-order valence-electron chi connectivity index (χ2n) is 2.40. The first-order valence-electron chi connectivity index (χ1n) is 3.31. The van der Waals surface area contributed by atoms with Crippen LogP contribution in [0.5, 0.6) is 0 Å². The van der Waals surface area contributed by atoms with Gasteiger partial charge in [0.15, 0.2) is 0 Å². The maximum absolute atomic E-state index is 5.61. The van der Waals surface area contributed by atoms with E-state index in [0.717, 1.165) is 12.8 Å². The van der Waals surface area contributed by atoms with Crippen LogP contribution in [0.1, 0.15) is 12.8 Å². The van der Waals surface area contributed by atoms with E-state index in [1.807, 2.05) is 0 Å². The van der Waals surface area contributed by atoms with E-state index < -0.39 is 0 Å². The molecule has 1 aliphatic heterocycles. The lowest BCUT2D eigenvalue weighted by molar-refractivity contribution is 0.0402. The molecule has 11 heavy (non-hydrogen) atoms. The molecular formula is C7H11BrClNO. The summed E-state index contributed by atoms with van der Waals surface area (Å²) >= 11 is 3.03. The molecule has 1 aliphatic rings. The van der Waals surface area contributed by atoms with E-state index in [1.54, 1.807) is 0 Å². The van der Waals surface area contributed by atoms with Crippen molar-refractivity contribution in [2.75, 3.05) is 6.61 Å². The molecule has 0 aromatic heterocycles. The number of hydrogen-bond donors (Lipinski definition) is 1. The van der Waals surface area contributed by atoms with E-state index >= 15 is 0 Å². The van der Waals surface area contributed by atoms with Gasteiger partial charge in [0.05, 0.1) is 6.61 Å². The smallest absolute Gasteiger partial charge is 0.119 e. The zero-order valence-corrected chi connectivity index (χ0v) is 8.45. The lowest BCUT2D eigenvalue weighted by Gasteiger charge is -2.22. The third-order valence-corrected chi connectivity index (χ3v) is 1.76. The average molecular weight is 241 g/mol. The Morgan fingerprint density at radius 1 is 1.45 bits per heavy atom.